The molecule has 0 saturated carbocycles. The lowest BCUT2D eigenvalue weighted by Crippen LogP contribution is -2.36. The van der Waals surface area contributed by atoms with E-state index in [4.69, 9.17) is 14.2 Å². The summed E-state index contributed by atoms with van der Waals surface area (Å²) >= 11 is 0. The Kier molecular flexibility index (Phi) is 5.71. The molecule has 0 amide bonds. The highest BCUT2D eigenvalue weighted by molar-refractivity contribution is 5.09. The number of ether oxygens (including phenoxy) is 3. The van der Waals surface area contributed by atoms with Crippen LogP contribution in [-0.4, -0.2) is 32.0 Å². The Labute approximate surface area is 117 Å². The van der Waals surface area contributed by atoms with Gasteiger partial charge < -0.3 is 14.2 Å². The molecule has 2 saturated heterocycles. The van der Waals surface area contributed by atoms with Gasteiger partial charge in [0, 0.05) is 6.61 Å². The van der Waals surface area contributed by atoms with Crippen molar-refractivity contribution in [1.82, 2.24) is 0 Å². The highest BCUT2D eigenvalue weighted by Gasteiger charge is 2.51. The van der Waals surface area contributed by atoms with Crippen molar-refractivity contribution in [1.29, 1.82) is 0 Å². The van der Waals surface area contributed by atoms with Crippen LogP contribution in [0.15, 0.2) is 12.3 Å². The van der Waals surface area contributed by atoms with Crippen molar-refractivity contribution in [2.24, 2.45) is 5.92 Å². The predicted molar refractivity (Wildman–Crippen MR) is 76.0 cm³/mol. The molecule has 4 unspecified atom stereocenters. The molecule has 0 spiro atoms. The van der Waals surface area contributed by atoms with E-state index in [1.54, 1.807) is 7.11 Å². The summed E-state index contributed by atoms with van der Waals surface area (Å²) < 4.78 is 17.4. The minimum atomic E-state index is 0.164. The van der Waals surface area contributed by atoms with Gasteiger partial charge in [0.25, 0.3) is 0 Å². The van der Waals surface area contributed by atoms with Crippen LogP contribution in [0, 0.1) is 5.92 Å². The van der Waals surface area contributed by atoms with E-state index >= 15 is 0 Å². The first kappa shape index (κ1) is 14.9. The molecule has 110 valence electrons. The number of hydrogen-bond acceptors (Lipinski definition) is 3. The van der Waals surface area contributed by atoms with Gasteiger partial charge in [-0.2, -0.15) is 0 Å². The molecule has 0 aliphatic carbocycles. The molecular weight excluding hydrogens is 240 g/mol. The molecule has 0 radical (unpaired) electrons. The van der Waals surface area contributed by atoms with Crippen molar-refractivity contribution in [3.63, 3.8) is 0 Å². The highest BCUT2D eigenvalue weighted by Crippen LogP contribution is 2.43. The normalized spacial score (nSPS) is 32.7. The van der Waals surface area contributed by atoms with E-state index in [1.807, 2.05) is 0 Å². The van der Waals surface area contributed by atoms with Gasteiger partial charge in [-0.05, 0) is 19.3 Å². The maximum absolute atomic E-state index is 6.09. The fourth-order valence-corrected chi connectivity index (χ4v) is 3.30. The van der Waals surface area contributed by atoms with Crippen molar-refractivity contribution in [2.75, 3.05) is 13.7 Å². The Morgan fingerprint density at radius 1 is 1.16 bits per heavy atom. The number of rotatable bonds is 9. The van der Waals surface area contributed by atoms with Crippen molar-refractivity contribution in [3.8, 4) is 0 Å². The summed E-state index contributed by atoms with van der Waals surface area (Å²) in [6, 6.07) is 0. The van der Waals surface area contributed by atoms with Gasteiger partial charge in [-0.25, -0.2) is 0 Å². The summed E-state index contributed by atoms with van der Waals surface area (Å²) in [5.74, 6) is 1.06. The summed E-state index contributed by atoms with van der Waals surface area (Å²) in [5.41, 5.74) is 0. The van der Waals surface area contributed by atoms with Crippen LogP contribution in [0.25, 0.3) is 0 Å². The Morgan fingerprint density at radius 3 is 2.63 bits per heavy atom. The number of unbranched alkanes of at least 4 members (excludes halogenated alkanes) is 4. The van der Waals surface area contributed by atoms with Crippen molar-refractivity contribution in [3.05, 3.63) is 12.3 Å². The fourth-order valence-electron chi connectivity index (χ4n) is 3.30. The van der Waals surface area contributed by atoms with E-state index in [0.717, 1.165) is 31.6 Å². The molecule has 2 fully saturated rings. The Balaban J connectivity index is 1.73. The van der Waals surface area contributed by atoms with Gasteiger partial charge in [0.2, 0.25) is 0 Å². The van der Waals surface area contributed by atoms with E-state index in [0.29, 0.717) is 0 Å². The summed E-state index contributed by atoms with van der Waals surface area (Å²) in [5, 5.41) is 0. The molecule has 2 bridgehead atoms. The quantitative estimate of drug-likeness (QED) is 0.471. The van der Waals surface area contributed by atoms with Gasteiger partial charge in [-0.15, -0.1) is 0 Å². The minimum absolute atomic E-state index is 0.164. The van der Waals surface area contributed by atoms with Crippen LogP contribution in [0.1, 0.15) is 51.9 Å². The maximum atomic E-state index is 6.09. The zero-order chi connectivity index (χ0) is 13.7. The van der Waals surface area contributed by atoms with Crippen LogP contribution in [0.5, 0.6) is 0 Å². The number of hydrogen-bond donors (Lipinski definition) is 0. The van der Waals surface area contributed by atoms with Gasteiger partial charge in [0.1, 0.15) is 0 Å². The van der Waals surface area contributed by atoms with Crippen LogP contribution in [0.2, 0.25) is 0 Å². The minimum Gasteiger partial charge on any atom is -0.501 e. The third kappa shape index (κ3) is 3.51. The molecule has 2 aliphatic heterocycles. The van der Waals surface area contributed by atoms with Gasteiger partial charge >= 0.3 is 0 Å². The molecule has 2 rings (SSSR count). The Morgan fingerprint density at radius 2 is 1.89 bits per heavy atom. The summed E-state index contributed by atoms with van der Waals surface area (Å²) in [6.07, 6.45) is 9.30. The van der Waals surface area contributed by atoms with E-state index in [-0.39, 0.29) is 24.2 Å². The lowest BCUT2D eigenvalue weighted by atomic mass is 9.85. The van der Waals surface area contributed by atoms with Crippen LogP contribution in [0.3, 0.4) is 0 Å². The molecule has 0 aromatic carbocycles. The Hall–Kier alpha value is -0.540. The molecule has 3 nitrogen and oxygen atoms in total. The predicted octanol–water partition coefficient (Wildman–Crippen LogP) is 3.68. The fraction of sp³-hybridized carbons (Fsp3) is 0.875. The first-order chi connectivity index (χ1) is 9.27. The number of fused-ring (bicyclic) bond motifs is 2. The summed E-state index contributed by atoms with van der Waals surface area (Å²) in [6.45, 7) is 7.09. The molecule has 3 heteroatoms. The van der Waals surface area contributed by atoms with E-state index in [1.165, 1.54) is 25.7 Å². The van der Waals surface area contributed by atoms with Crippen LogP contribution in [0.4, 0.5) is 0 Å². The van der Waals surface area contributed by atoms with Crippen molar-refractivity contribution >= 4 is 0 Å². The largest absolute Gasteiger partial charge is 0.501 e. The van der Waals surface area contributed by atoms with Crippen LogP contribution >= 0.6 is 0 Å². The van der Waals surface area contributed by atoms with Gasteiger partial charge in [0.15, 0.2) is 0 Å². The van der Waals surface area contributed by atoms with Crippen molar-refractivity contribution < 1.29 is 14.2 Å². The van der Waals surface area contributed by atoms with Gasteiger partial charge in [-0.1, -0.05) is 39.2 Å². The van der Waals surface area contributed by atoms with E-state index in [9.17, 15) is 0 Å². The smallest absolute Gasteiger partial charge is 0.0967 e. The summed E-state index contributed by atoms with van der Waals surface area (Å²) in [7, 11) is 1.69. The van der Waals surface area contributed by atoms with Crippen molar-refractivity contribution in [2.45, 2.75) is 70.2 Å². The lowest BCUT2D eigenvalue weighted by Gasteiger charge is -2.28. The highest BCUT2D eigenvalue weighted by atomic mass is 16.6. The average Bonchev–Trinajstić information content (AvgIpc) is 3.02. The van der Waals surface area contributed by atoms with E-state index in [2.05, 4.69) is 13.5 Å². The van der Waals surface area contributed by atoms with Crippen LogP contribution in [-0.2, 0) is 14.2 Å². The average molecular weight is 268 g/mol. The zero-order valence-electron chi connectivity index (χ0n) is 12.4. The second kappa shape index (κ2) is 7.30. The molecule has 19 heavy (non-hydrogen) atoms. The topological polar surface area (TPSA) is 27.7 Å². The second-order valence-corrected chi connectivity index (χ2v) is 5.74. The molecular formula is C16H28O3. The van der Waals surface area contributed by atoms with E-state index < -0.39 is 0 Å². The van der Waals surface area contributed by atoms with Crippen LogP contribution < -0.4 is 0 Å². The Bertz CT molecular complexity index is 290. The molecule has 4 atom stereocenters. The first-order valence-corrected chi connectivity index (χ1v) is 7.77. The zero-order valence-corrected chi connectivity index (χ0v) is 12.4. The first-order valence-electron chi connectivity index (χ1n) is 7.77. The molecule has 2 heterocycles. The molecule has 0 N–H and O–H groups in total. The van der Waals surface area contributed by atoms with Gasteiger partial charge in [-0.3, -0.25) is 0 Å². The summed E-state index contributed by atoms with van der Waals surface area (Å²) in [4.78, 5) is 0. The molecule has 0 aromatic heterocycles. The van der Waals surface area contributed by atoms with Gasteiger partial charge in [0.05, 0.1) is 37.1 Å². The lowest BCUT2D eigenvalue weighted by molar-refractivity contribution is -0.0164. The third-order valence-electron chi connectivity index (χ3n) is 4.40. The SMILES string of the molecule is C=C(OC)C1C2CCC(O2)C1OCCCCCCC. The monoisotopic (exact) mass is 268 g/mol. The standard InChI is InChI=1S/C16H28O3/c1-4-5-6-7-8-11-18-16-14-10-9-13(19-14)15(16)12(2)17-3/h13-16H,2,4-11H2,1,3H3. The molecule has 2 aliphatic rings. The third-order valence-corrected chi connectivity index (χ3v) is 4.40. The molecule has 0 aromatic rings. The maximum Gasteiger partial charge on any atom is 0.0967 e. The second-order valence-electron chi connectivity index (χ2n) is 5.74. The number of methoxy groups -OCH3 is 1.